The van der Waals surface area contributed by atoms with Crippen molar-refractivity contribution in [3.8, 4) is 0 Å². The smallest absolute Gasteiger partial charge is 0.255 e. The Labute approximate surface area is 200 Å². The molecule has 0 saturated carbocycles. The van der Waals surface area contributed by atoms with Gasteiger partial charge in [0.25, 0.3) is 11.8 Å². The van der Waals surface area contributed by atoms with E-state index in [0.717, 1.165) is 5.56 Å². The van der Waals surface area contributed by atoms with E-state index in [2.05, 4.69) is 36.1 Å². The Morgan fingerprint density at radius 3 is 1.65 bits per heavy atom. The molecule has 0 aliphatic carbocycles. The van der Waals surface area contributed by atoms with Crippen LogP contribution >= 0.6 is 0 Å². The first-order chi connectivity index (χ1) is 16.0. The number of amides is 2. The minimum Gasteiger partial charge on any atom is -0.322 e. The Morgan fingerprint density at radius 1 is 0.735 bits per heavy atom. The summed E-state index contributed by atoms with van der Waals surface area (Å²) < 4.78 is 25.8. The fraction of sp³-hybridized carbons (Fsp3) is 0.231. The number of benzene rings is 3. The van der Waals surface area contributed by atoms with Crippen LogP contribution in [0.3, 0.4) is 0 Å². The Morgan fingerprint density at radius 2 is 1.21 bits per heavy atom. The largest absolute Gasteiger partial charge is 0.322 e. The van der Waals surface area contributed by atoms with Gasteiger partial charge in [0.2, 0.25) is 10.0 Å². The normalized spacial score (nSPS) is 11.5. The minimum atomic E-state index is -3.38. The van der Waals surface area contributed by atoms with Crippen molar-refractivity contribution in [3.05, 3.63) is 89.5 Å². The monoisotopic (exact) mass is 479 g/mol. The quantitative estimate of drug-likeness (QED) is 0.430. The van der Waals surface area contributed by atoms with Crippen LogP contribution in [0.25, 0.3) is 0 Å². The van der Waals surface area contributed by atoms with Gasteiger partial charge in [-0.05, 0) is 72.5 Å². The van der Waals surface area contributed by atoms with Crippen LogP contribution in [0.5, 0.6) is 0 Å². The molecule has 0 fully saturated rings. The lowest BCUT2D eigenvalue weighted by Crippen LogP contribution is -2.16. The van der Waals surface area contributed by atoms with E-state index in [4.69, 9.17) is 0 Å². The Bertz CT molecular complexity index is 1280. The third-order valence-corrected chi connectivity index (χ3v) is 6.50. The molecule has 0 radical (unpaired) electrons. The molecule has 0 heterocycles. The zero-order valence-corrected chi connectivity index (χ0v) is 20.5. The number of rotatable bonds is 7. The fourth-order valence-electron chi connectivity index (χ4n) is 3.14. The third-order valence-electron chi connectivity index (χ3n) is 5.19. The highest BCUT2D eigenvalue weighted by atomic mass is 32.2. The van der Waals surface area contributed by atoms with Gasteiger partial charge in [0, 0.05) is 28.2 Å². The topological polar surface area (TPSA) is 104 Å². The third kappa shape index (κ3) is 6.68. The van der Waals surface area contributed by atoms with Gasteiger partial charge >= 0.3 is 0 Å². The van der Waals surface area contributed by atoms with Gasteiger partial charge in [0.1, 0.15) is 0 Å². The Kier molecular flexibility index (Phi) is 7.41. The second kappa shape index (κ2) is 10.1. The summed E-state index contributed by atoms with van der Waals surface area (Å²) in [6.07, 6.45) is 0. The van der Waals surface area contributed by atoms with E-state index in [1.165, 1.54) is 24.3 Å². The lowest BCUT2D eigenvalue weighted by atomic mass is 9.87. The maximum atomic E-state index is 12.6. The molecule has 8 heteroatoms. The maximum Gasteiger partial charge on any atom is 0.255 e. The predicted molar refractivity (Wildman–Crippen MR) is 137 cm³/mol. The molecule has 3 aromatic carbocycles. The molecule has 0 unspecified atom stereocenters. The van der Waals surface area contributed by atoms with E-state index in [0.29, 0.717) is 28.2 Å². The Hall–Kier alpha value is -3.65. The fourth-order valence-corrected chi connectivity index (χ4v) is 3.78. The van der Waals surface area contributed by atoms with Crippen LogP contribution in [0.15, 0.2) is 72.8 Å². The van der Waals surface area contributed by atoms with Crippen LogP contribution in [0.4, 0.5) is 17.1 Å². The molecule has 3 rings (SSSR count). The van der Waals surface area contributed by atoms with Crippen molar-refractivity contribution in [2.24, 2.45) is 0 Å². The minimum absolute atomic E-state index is 0.00554. The van der Waals surface area contributed by atoms with E-state index in [9.17, 15) is 18.0 Å². The molecule has 34 heavy (non-hydrogen) atoms. The molecule has 0 aliphatic heterocycles. The summed E-state index contributed by atoms with van der Waals surface area (Å²) >= 11 is 0. The average molecular weight is 480 g/mol. The summed E-state index contributed by atoms with van der Waals surface area (Å²) in [5.41, 5.74) is 3.51. The molecular weight excluding hydrogens is 450 g/mol. The molecule has 3 N–H and O–H groups in total. The Balaban J connectivity index is 1.65. The summed E-state index contributed by atoms with van der Waals surface area (Å²) in [7, 11) is -3.38. The van der Waals surface area contributed by atoms with Crippen molar-refractivity contribution in [2.45, 2.75) is 33.1 Å². The highest BCUT2D eigenvalue weighted by Gasteiger charge is 2.15. The van der Waals surface area contributed by atoms with Gasteiger partial charge in [0.15, 0.2) is 0 Å². The molecule has 0 atom stereocenters. The number of carbonyl (C=O) groups excluding carboxylic acids is 2. The van der Waals surface area contributed by atoms with Crippen LogP contribution in [-0.4, -0.2) is 26.0 Å². The second-order valence-electron chi connectivity index (χ2n) is 8.90. The highest BCUT2D eigenvalue weighted by Crippen LogP contribution is 2.23. The molecule has 0 aliphatic rings. The van der Waals surface area contributed by atoms with E-state index < -0.39 is 10.0 Å². The van der Waals surface area contributed by atoms with Gasteiger partial charge in [-0.3, -0.25) is 14.3 Å². The van der Waals surface area contributed by atoms with Gasteiger partial charge in [-0.1, -0.05) is 39.0 Å². The van der Waals surface area contributed by atoms with Crippen molar-refractivity contribution in [3.63, 3.8) is 0 Å². The summed E-state index contributed by atoms with van der Waals surface area (Å²) in [5.74, 6) is -0.634. The molecule has 2 amide bonds. The second-order valence-corrected chi connectivity index (χ2v) is 10.9. The molecule has 178 valence electrons. The molecular formula is C26H29N3O4S. The van der Waals surface area contributed by atoms with E-state index in [1.807, 2.05) is 12.1 Å². The number of carbonyl (C=O) groups is 2. The number of nitrogens with one attached hydrogen (secondary N) is 3. The summed E-state index contributed by atoms with van der Waals surface area (Å²) in [6, 6.07) is 20.5. The molecule has 0 aromatic heterocycles. The first-order valence-electron chi connectivity index (χ1n) is 10.9. The van der Waals surface area contributed by atoms with Crippen LogP contribution < -0.4 is 15.4 Å². The summed E-state index contributed by atoms with van der Waals surface area (Å²) in [4.78, 5) is 25.2. The van der Waals surface area contributed by atoms with Gasteiger partial charge in [-0.15, -0.1) is 0 Å². The van der Waals surface area contributed by atoms with Crippen molar-refractivity contribution in [2.75, 3.05) is 21.1 Å². The summed E-state index contributed by atoms with van der Waals surface area (Å²) in [6.45, 7) is 7.89. The lowest BCUT2D eigenvalue weighted by Gasteiger charge is -2.19. The van der Waals surface area contributed by atoms with Crippen molar-refractivity contribution in [1.29, 1.82) is 0 Å². The number of hydrogen-bond acceptors (Lipinski definition) is 4. The lowest BCUT2D eigenvalue weighted by molar-refractivity contribution is 0.101. The average Bonchev–Trinajstić information content (AvgIpc) is 2.79. The van der Waals surface area contributed by atoms with Crippen LogP contribution in [0.1, 0.15) is 54.0 Å². The molecule has 3 aromatic rings. The zero-order valence-electron chi connectivity index (χ0n) is 19.7. The van der Waals surface area contributed by atoms with Crippen molar-refractivity contribution in [1.82, 2.24) is 0 Å². The maximum absolute atomic E-state index is 12.6. The SMILES string of the molecule is CCS(=O)(=O)Nc1ccc(C(=O)Nc2cccc(NC(=O)c3ccc(C(C)(C)C)cc3)c2)cc1. The standard InChI is InChI=1S/C26H29N3O4S/c1-5-34(32,33)29-21-15-11-19(12-16-21)25(31)28-23-8-6-7-22(17-23)27-24(30)18-9-13-20(14-10-18)26(2,3)4/h6-17,29H,5H2,1-4H3,(H,27,30)(H,28,31). The number of anilines is 3. The zero-order chi connectivity index (χ0) is 24.9. The predicted octanol–water partition coefficient (Wildman–Crippen LogP) is 5.25. The van der Waals surface area contributed by atoms with E-state index in [1.54, 1.807) is 43.3 Å². The van der Waals surface area contributed by atoms with Gasteiger partial charge in [-0.2, -0.15) is 0 Å². The number of hydrogen-bond donors (Lipinski definition) is 3. The summed E-state index contributed by atoms with van der Waals surface area (Å²) in [5, 5.41) is 5.63. The van der Waals surface area contributed by atoms with Gasteiger partial charge < -0.3 is 10.6 Å². The van der Waals surface area contributed by atoms with E-state index in [-0.39, 0.29) is 23.0 Å². The molecule has 0 saturated heterocycles. The molecule has 0 spiro atoms. The van der Waals surface area contributed by atoms with E-state index >= 15 is 0 Å². The van der Waals surface area contributed by atoms with Crippen LogP contribution in [0, 0.1) is 0 Å². The van der Waals surface area contributed by atoms with Crippen LogP contribution in [0.2, 0.25) is 0 Å². The van der Waals surface area contributed by atoms with Crippen molar-refractivity contribution >= 4 is 38.9 Å². The van der Waals surface area contributed by atoms with Crippen molar-refractivity contribution < 1.29 is 18.0 Å². The van der Waals surface area contributed by atoms with Gasteiger partial charge in [0.05, 0.1) is 5.75 Å². The van der Waals surface area contributed by atoms with Gasteiger partial charge in [-0.25, -0.2) is 8.42 Å². The first kappa shape index (κ1) is 25.0. The first-order valence-corrected chi connectivity index (χ1v) is 12.6. The van der Waals surface area contributed by atoms with Crippen LogP contribution in [-0.2, 0) is 15.4 Å². The molecule has 7 nitrogen and oxygen atoms in total. The number of sulfonamides is 1. The molecule has 0 bridgehead atoms. The highest BCUT2D eigenvalue weighted by molar-refractivity contribution is 7.92.